The Bertz CT molecular complexity index is 464. The molecule has 0 fully saturated rings. The van der Waals surface area contributed by atoms with E-state index in [1.807, 2.05) is 26.8 Å². The minimum Gasteiger partial charge on any atom is -0.328 e. The van der Waals surface area contributed by atoms with Crippen LogP contribution < -0.4 is 0 Å². The molecule has 0 amide bonds. The molecule has 27 heavy (non-hydrogen) atoms. The van der Waals surface area contributed by atoms with E-state index in [1.54, 1.807) is 0 Å². The van der Waals surface area contributed by atoms with Gasteiger partial charge in [-0.2, -0.15) is 0 Å². The summed E-state index contributed by atoms with van der Waals surface area (Å²) >= 11 is 0. The smallest absolute Gasteiger partial charge is 0.282 e. The average Bonchev–Trinajstić information content (AvgIpc) is 2.68. The van der Waals surface area contributed by atoms with Crippen molar-refractivity contribution in [1.29, 1.82) is 0 Å². The summed E-state index contributed by atoms with van der Waals surface area (Å²) < 4.78 is 17.3. The van der Waals surface area contributed by atoms with Crippen LogP contribution in [0.5, 0.6) is 0 Å². The predicted molar refractivity (Wildman–Crippen MR) is 115 cm³/mol. The Morgan fingerprint density at radius 2 is 1.22 bits per heavy atom. The summed E-state index contributed by atoms with van der Waals surface area (Å²) in [6.45, 7) is 11.6. The van der Waals surface area contributed by atoms with Crippen LogP contribution in [-0.4, -0.2) is 25.8 Å². The van der Waals surface area contributed by atoms with Crippen LogP contribution >= 0.6 is 0 Å². The van der Waals surface area contributed by atoms with Gasteiger partial charge in [-0.3, -0.25) is 0 Å². The van der Waals surface area contributed by atoms with Crippen molar-refractivity contribution in [1.82, 2.24) is 0 Å². The van der Waals surface area contributed by atoms with Crippen molar-refractivity contribution in [3.63, 3.8) is 0 Å². The molecular formula is C24H40O3. The van der Waals surface area contributed by atoms with E-state index in [2.05, 4.69) is 30.8 Å². The van der Waals surface area contributed by atoms with Crippen LogP contribution in [0.25, 0.3) is 6.08 Å². The third-order valence-electron chi connectivity index (χ3n) is 4.76. The Labute approximate surface area is 167 Å². The first-order valence-electron chi connectivity index (χ1n) is 10.8. The number of hydrogen-bond acceptors (Lipinski definition) is 3. The summed E-state index contributed by atoms with van der Waals surface area (Å²) in [6.07, 6.45) is 12.6. The Balaban J connectivity index is 2.10. The highest BCUT2D eigenvalue weighted by Gasteiger charge is 2.31. The summed E-state index contributed by atoms with van der Waals surface area (Å²) in [5, 5.41) is 0. The van der Waals surface area contributed by atoms with Gasteiger partial charge >= 0.3 is 0 Å². The Morgan fingerprint density at radius 1 is 0.741 bits per heavy atom. The fraction of sp³-hybridized carbons (Fsp3) is 0.667. The molecule has 0 radical (unpaired) electrons. The van der Waals surface area contributed by atoms with Crippen LogP contribution in [0, 0.1) is 0 Å². The number of ether oxygens (including phenoxy) is 3. The number of aryl methyl sites for hydroxylation is 1. The zero-order chi connectivity index (χ0) is 19.8. The van der Waals surface area contributed by atoms with E-state index in [-0.39, 0.29) is 0 Å². The molecular weight excluding hydrogens is 336 g/mol. The second kappa shape index (κ2) is 14.8. The zero-order valence-electron chi connectivity index (χ0n) is 17.8. The molecule has 154 valence electrons. The van der Waals surface area contributed by atoms with E-state index >= 15 is 0 Å². The molecule has 3 heteroatoms. The standard InChI is InChI=1S/C24H40O3/c1-5-22-17-19-23(20-18-22)16-14-12-10-9-11-13-15-21-24(25-6-2,26-7-3)27-8-4/h5,17-20H,1,6-16,21H2,2-4H3. The SMILES string of the molecule is C=Cc1ccc(CCCCCCCCCC(OCC)(OCC)OCC)cc1. The first kappa shape index (κ1) is 23.9. The van der Waals surface area contributed by atoms with Crippen LogP contribution in [-0.2, 0) is 20.6 Å². The molecule has 0 unspecified atom stereocenters. The van der Waals surface area contributed by atoms with Crippen LogP contribution in [0.15, 0.2) is 30.8 Å². The second-order valence-corrected chi connectivity index (χ2v) is 6.90. The van der Waals surface area contributed by atoms with Gasteiger partial charge in [-0.25, -0.2) is 0 Å². The molecule has 1 aromatic rings. The fourth-order valence-corrected chi connectivity index (χ4v) is 3.38. The van der Waals surface area contributed by atoms with E-state index in [0.29, 0.717) is 19.8 Å². The van der Waals surface area contributed by atoms with Gasteiger partial charge in [-0.1, -0.05) is 69.0 Å². The molecule has 0 saturated heterocycles. The molecule has 0 bridgehead atoms. The first-order valence-corrected chi connectivity index (χ1v) is 10.8. The lowest BCUT2D eigenvalue weighted by atomic mass is 10.0. The minimum absolute atomic E-state index is 0.607. The molecule has 0 N–H and O–H groups in total. The van der Waals surface area contributed by atoms with E-state index in [9.17, 15) is 0 Å². The molecule has 0 aliphatic carbocycles. The molecule has 0 heterocycles. The highest BCUT2D eigenvalue weighted by molar-refractivity contribution is 5.47. The maximum atomic E-state index is 5.78. The van der Waals surface area contributed by atoms with Gasteiger partial charge in [0.2, 0.25) is 0 Å². The molecule has 0 aliphatic heterocycles. The Hall–Kier alpha value is -1.16. The molecule has 0 aliphatic rings. The van der Waals surface area contributed by atoms with Gasteiger partial charge in [-0.05, 0) is 51.2 Å². The largest absolute Gasteiger partial charge is 0.328 e. The van der Waals surface area contributed by atoms with Crippen molar-refractivity contribution in [3.05, 3.63) is 42.0 Å². The summed E-state index contributed by atoms with van der Waals surface area (Å²) in [5.74, 6) is -0.834. The molecule has 3 nitrogen and oxygen atoms in total. The van der Waals surface area contributed by atoms with Crippen molar-refractivity contribution in [2.24, 2.45) is 0 Å². The van der Waals surface area contributed by atoms with Crippen molar-refractivity contribution in [2.75, 3.05) is 19.8 Å². The highest BCUT2D eigenvalue weighted by atomic mass is 16.9. The van der Waals surface area contributed by atoms with E-state index in [0.717, 1.165) is 12.8 Å². The maximum absolute atomic E-state index is 5.78. The van der Waals surface area contributed by atoms with Crippen molar-refractivity contribution < 1.29 is 14.2 Å². The van der Waals surface area contributed by atoms with Crippen molar-refractivity contribution >= 4 is 6.08 Å². The van der Waals surface area contributed by atoms with Gasteiger partial charge in [0.15, 0.2) is 0 Å². The normalized spacial score (nSPS) is 11.7. The maximum Gasteiger partial charge on any atom is 0.282 e. The lowest BCUT2D eigenvalue weighted by Gasteiger charge is -2.32. The summed E-state index contributed by atoms with van der Waals surface area (Å²) in [6, 6.07) is 8.74. The molecule has 0 atom stereocenters. The van der Waals surface area contributed by atoms with Crippen molar-refractivity contribution in [2.45, 2.75) is 84.5 Å². The number of unbranched alkanes of at least 4 members (excludes halogenated alkanes) is 6. The van der Waals surface area contributed by atoms with Crippen LogP contribution in [0.4, 0.5) is 0 Å². The van der Waals surface area contributed by atoms with Gasteiger partial charge in [0, 0.05) is 26.2 Å². The number of hydrogen-bond donors (Lipinski definition) is 0. The highest BCUT2D eigenvalue weighted by Crippen LogP contribution is 2.24. The van der Waals surface area contributed by atoms with Crippen LogP contribution in [0.3, 0.4) is 0 Å². The predicted octanol–water partition coefficient (Wildman–Crippen LogP) is 6.76. The third kappa shape index (κ3) is 10.1. The number of rotatable bonds is 17. The van der Waals surface area contributed by atoms with Crippen molar-refractivity contribution in [3.8, 4) is 0 Å². The van der Waals surface area contributed by atoms with E-state index < -0.39 is 5.97 Å². The topological polar surface area (TPSA) is 27.7 Å². The van der Waals surface area contributed by atoms with Gasteiger partial charge in [0.25, 0.3) is 5.97 Å². The van der Waals surface area contributed by atoms with Gasteiger partial charge in [0.1, 0.15) is 0 Å². The number of benzene rings is 1. The monoisotopic (exact) mass is 376 g/mol. The molecule has 1 rings (SSSR count). The Kier molecular flexibility index (Phi) is 13.1. The lowest BCUT2D eigenvalue weighted by molar-refractivity contribution is -0.380. The fourth-order valence-electron chi connectivity index (χ4n) is 3.38. The van der Waals surface area contributed by atoms with E-state index in [4.69, 9.17) is 14.2 Å². The summed E-state index contributed by atoms with van der Waals surface area (Å²) in [5.41, 5.74) is 2.63. The second-order valence-electron chi connectivity index (χ2n) is 6.90. The zero-order valence-corrected chi connectivity index (χ0v) is 17.8. The molecule has 0 spiro atoms. The molecule has 1 aromatic carbocycles. The lowest BCUT2D eigenvalue weighted by Crippen LogP contribution is -2.39. The molecule has 0 aromatic heterocycles. The quantitative estimate of drug-likeness (QED) is 0.222. The minimum atomic E-state index is -0.834. The third-order valence-corrected chi connectivity index (χ3v) is 4.76. The first-order chi connectivity index (χ1) is 13.2. The van der Waals surface area contributed by atoms with Gasteiger partial charge in [-0.15, -0.1) is 0 Å². The summed E-state index contributed by atoms with van der Waals surface area (Å²) in [7, 11) is 0. The van der Waals surface area contributed by atoms with Gasteiger partial charge in [0.05, 0.1) is 0 Å². The molecule has 0 saturated carbocycles. The Morgan fingerprint density at radius 3 is 1.70 bits per heavy atom. The van der Waals surface area contributed by atoms with Crippen LogP contribution in [0.1, 0.15) is 83.3 Å². The summed E-state index contributed by atoms with van der Waals surface area (Å²) in [4.78, 5) is 0. The van der Waals surface area contributed by atoms with E-state index in [1.165, 1.54) is 56.1 Å². The van der Waals surface area contributed by atoms with Crippen LogP contribution in [0.2, 0.25) is 0 Å². The average molecular weight is 377 g/mol. The van der Waals surface area contributed by atoms with Gasteiger partial charge < -0.3 is 14.2 Å².